The first-order valence-corrected chi connectivity index (χ1v) is 7.86. The molecule has 2 rings (SSSR count). The third kappa shape index (κ3) is 4.23. The summed E-state index contributed by atoms with van der Waals surface area (Å²) in [7, 11) is 0. The number of hydrogen-bond acceptors (Lipinski definition) is 2. The van der Waals surface area contributed by atoms with E-state index in [-0.39, 0.29) is 6.09 Å². The first kappa shape index (κ1) is 15.4. The highest BCUT2D eigenvalue weighted by Crippen LogP contribution is 2.26. The fourth-order valence-corrected chi connectivity index (χ4v) is 2.91. The molecular weight excluding hydrogens is 318 g/mol. The molecule has 20 heavy (non-hydrogen) atoms. The van der Waals surface area contributed by atoms with Gasteiger partial charge in [0.25, 0.3) is 0 Å². The van der Waals surface area contributed by atoms with E-state index in [4.69, 9.17) is 4.74 Å². The lowest BCUT2D eigenvalue weighted by molar-refractivity contribution is 0.0288. The van der Waals surface area contributed by atoms with Crippen LogP contribution in [0.25, 0.3) is 0 Å². The zero-order chi connectivity index (χ0) is 14.8. The molecule has 0 radical (unpaired) electrons. The molecule has 1 aromatic carbocycles. The number of halogens is 1. The third-order valence-electron chi connectivity index (χ3n) is 3.40. The number of ether oxygens (including phenoxy) is 1. The summed E-state index contributed by atoms with van der Waals surface area (Å²) in [6.45, 7) is 7.29. The molecule has 1 aliphatic rings. The average Bonchev–Trinajstić information content (AvgIpc) is 2.79. The highest BCUT2D eigenvalue weighted by atomic mass is 79.9. The molecule has 3 nitrogen and oxygen atoms in total. The van der Waals surface area contributed by atoms with Gasteiger partial charge >= 0.3 is 6.09 Å². The van der Waals surface area contributed by atoms with Crippen molar-refractivity contribution in [3.63, 3.8) is 0 Å². The van der Waals surface area contributed by atoms with Crippen LogP contribution in [0.15, 0.2) is 28.7 Å². The fraction of sp³-hybridized carbons (Fsp3) is 0.562. The Labute approximate surface area is 129 Å². The van der Waals surface area contributed by atoms with Crippen LogP contribution in [0.3, 0.4) is 0 Å². The van der Waals surface area contributed by atoms with Crippen LogP contribution < -0.4 is 0 Å². The first-order valence-electron chi connectivity index (χ1n) is 7.06. The molecule has 1 saturated heterocycles. The topological polar surface area (TPSA) is 29.5 Å². The zero-order valence-electron chi connectivity index (χ0n) is 12.4. The van der Waals surface area contributed by atoms with Crippen LogP contribution in [-0.2, 0) is 11.2 Å². The Kier molecular flexibility index (Phi) is 4.74. The molecule has 0 saturated carbocycles. The molecule has 0 N–H and O–H groups in total. The van der Waals surface area contributed by atoms with E-state index in [1.807, 2.05) is 31.7 Å². The van der Waals surface area contributed by atoms with E-state index in [2.05, 4.69) is 34.1 Å². The van der Waals surface area contributed by atoms with Gasteiger partial charge in [-0.05, 0) is 51.2 Å². The number of likely N-dealkylation sites (tertiary alicyclic amines) is 1. The summed E-state index contributed by atoms with van der Waals surface area (Å²) >= 11 is 3.58. The molecule has 1 aliphatic heterocycles. The first-order chi connectivity index (χ1) is 9.35. The summed E-state index contributed by atoms with van der Waals surface area (Å²) in [6, 6.07) is 8.28. The maximum Gasteiger partial charge on any atom is 0.410 e. The second kappa shape index (κ2) is 6.17. The second-order valence-electron chi connectivity index (χ2n) is 6.38. The maximum absolute atomic E-state index is 12.0. The van der Waals surface area contributed by atoms with Gasteiger partial charge in [-0.15, -0.1) is 0 Å². The van der Waals surface area contributed by atoms with E-state index in [1.165, 1.54) is 5.56 Å². The fourth-order valence-electron chi connectivity index (χ4n) is 2.47. The summed E-state index contributed by atoms with van der Waals surface area (Å²) in [6.07, 6.45) is 1.86. The molecular formula is C16H22BrNO2. The van der Waals surface area contributed by atoms with Crippen LogP contribution in [0.5, 0.6) is 0 Å². The van der Waals surface area contributed by atoms with Gasteiger partial charge in [0.2, 0.25) is 0 Å². The van der Waals surface area contributed by atoms with Gasteiger partial charge in [-0.2, -0.15) is 0 Å². The van der Waals surface area contributed by atoms with Crippen molar-refractivity contribution in [3.8, 4) is 0 Å². The van der Waals surface area contributed by atoms with Crippen LogP contribution >= 0.6 is 15.9 Å². The van der Waals surface area contributed by atoms with E-state index in [9.17, 15) is 4.79 Å². The van der Waals surface area contributed by atoms with Crippen LogP contribution in [0.4, 0.5) is 4.79 Å². The lowest BCUT2D eigenvalue weighted by Gasteiger charge is -2.24. The van der Waals surface area contributed by atoms with E-state index in [0.717, 1.165) is 30.4 Å². The van der Waals surface area contributed by atoms with Crippen molar-refractivity contribution in [1.29, 1.82) is 0 Å². The SMILES string of the molecule is CC(C)(C)OC(=O)N1CC[C@@H](Cc2ccccc2Br)C1. The Morgan fingerprint density at radius 1 is 1.40 bits per heavy atom. The van der Waals surface area contributed by atoms with Crippen LogP contribution in [0.1, 0.15) is 32.8 Å². The Morgan fingerprint density at radius 2 is 2.10 bits per heavy atom. The predicted molar refractivity (Wildman–Crippen MR) is 83.8 cm³/mol. The molecule has 0 bridgehead atoms. The van der Waals surface area contributed by atoms with Crippen LogP contribution in [0.2, 0.25) is 0 Å². The van der Waals surface area contributed by atoms with Crippen molar-refractivity contribution in [2.45, 2.75) is 39.2 Å². The van der Waals surface area contributed by atoms with Crippen molar-refractivity contribution in [2.24, 2.45) is 5.92 Å². The maximum atomic E-state index is 12.0. The molecule has 1 aromatic rings. The quantitative estimate of drug-likeness (QED) is 0.806. The molecule has 110 valence electrons. The van der Waals surface area contributed by atoms with E-state index in [1.54, 1.807) is 0 Å². The lowest BCUT2D eigenvalue weighted by Crippen LogP contribution is -2.35. The van der Waals surface area contributed by atoms with E-state index in [0.29, 0.717) is 5.92 Å². The monoisotopic (exact) mass is 339 g/mol. The van der Waals surface area contributed by atoms with E-state index >= 15 is 0 Å². The summed E-state index contributed by atoms with van der Waals surface area (Å²) in [4.78, 5) is 13.8. The summed E-state index contributed by atoms with van der Waals surface area (Å²) in [5.74, 6) is 0.515. The van der Waals surface area contributed by atoms with Gasteiger partial charge in [0, 0.05) is 17.6 Å². The summed E-state index contributed by atoms with van der Waals surface area (Å²) in [5, 5.41) is 0. The molecule has 4 heteroatoms. The highest BCUT2D eigenvalue weighted by Gasteiger charge is 2.29. The summed E-state index contributed by atoms with van der Waals surface area (Å²) < 4.78 is 6.57. The van der Waals surface area contributed by atoms with Crippen molar-refractivity contribution in [2.75, 3.05) is 13.1 Å². The molecule has 0 unspecified atom stereocenters. The van der Waals surface area contributed by atoms with Crippen molar-refractivity contribution >= 4 is 22.0 Å². The third-order valence-corrected chi connectivity index (χ3v) is 4.18. The van der Waals surface area contributed by atoms with Gasteiger partial charge in [0.15, 0.2) is 0 Å². The number of hydrogen-bond donors (Lipinski definition) is 0. The highest BCUT2D eigenvalue weighted by molar-refractivity contribution is 9.10. The van der Waals surface area contributed by atoms with Gasteiger partial charge in [-0.3, -0.25) is 0 Å². The minimum atomic E-state index is -0.419. The van der Waals surface area contributed by atoms with Gasteiger partial charge in [-0.25, -0.2) is 4.79 Å². The lowest BCUT2D eigenvalue weighted by atomic mass is 9.99. The Balaban J connectivity index is 1.90. The molecule has 1 fully saturated rings. The standard InChI is InChI=1S/C16H22BrNO2/c1-16(2,3)20-15(19)18-9-8-12(11-18)10-13-6-4-5-7-14(13)17/h4-7,12H,8-11H2,1-3H3/t12-/m0/s1. The molecule has 0 aromatic heterocycles. The minimum Gasteiger partial charge on any atom is -0.444 e. The second-order valence-corrected chi connectivity index (χ2v) is 7.23. The van der Waals surface area contributed by atoms with Gasteiger partial charge < -0.3 is 9.64 Å². The Morgan fingerprint density at radius 3 is 2.75 bits per heavy atom. The smallest absolute Gasteiger partial charge is 0.410 e. The number of carbonyl (C=O) groups excluding carboxylic acids is 1. The number of carbonyl (C=O) groups is 1. The minimum absolute atomic E-state index is 0.188. The Hall–Kier alpha value is -1.03. The van der Waals surface area contributed by atoms with Gasteiger partial charge in [0.1, 0.15) is 5.60 Å². The molecule has 1 amide bonds. The predicted octanol–water partition coefficient (Wildman–Crippen LogP) is 4.25. The van der Waals surface area contributed by atoms with Gasteiger partial charge in [0.05, 0.1) is 0 Å². The van der Waals surface area contributed by atoms with Crippen molar-refractivity contribution in [3.05, 3.63) is 34.3 Å². The molecule has 0 spiro atoms. The van der Waals surface area contributed by atoms with Crippen LogP contribution in [-0.4, -0.2) is 29.7 Å². The van der Waals surface area contributed by atoms with E-state index < -0.39 is 5.60 Å². The van der Waals surface area contributed by atoms with Gasteiger partial charge in [-0.1, -0.05) is 34.1 Å². The molecule has 1 heterocycles. The summed E-state index contributed by atoms with van der Waals surface area (Å²) in [5.41, 5.74) is 0.890. The number of benzene rings is 1. The largest absolute Gasteiger partial charge is 0.444 e. The molecule has 0 aliphatic carbocycles. The number of nitrogens with zero attached hydrogens (tertiary/aromatic N) is 1. The zero-order valence-corrected chi connectivity index (χ0v) is 13.9. The number of amides is 1. The normalized spacial score (nSPS) is 19.2. The van der Waals surface area contributed by atoms with Crippen molar-refractivity contribution in [1.82, 2.24) is 4.90 Å². The Bertz CT molecular complexity index is 482. The average molecular weight is 340 g/mol. The number of rotatable bonds is 2. The van der Waals surface area contributed by atoms with Crippen LogP contribution in [0, 0.1) is 5.92 Å². The van der Waals surface area contributed by atoms with Crippen molar-refractivity contribution < 1.29 is 9.53 Å². The molecule has 1 atom stereocenters.